The van der Waals surface area contributed by atoms with Crippen molar-refractivity contribution in [2.45, 2.75) is 31.7 Å². The van der Waals surface area contributed by atoms with Gasteiger partial charge in [0.15, 0.2) is 0 Å². The molecule has 0 spiro atoms. The average molecular weight is 215 g/mol. The summed E-state index contributed by atoms with van der Waals surface area (Å²) >= 11 is 0. The van der Waals surface area contributed by atoms with E-state index in [-0.39, 0.29) is 0 Å². The molecule has 0 aliphatic carbocycles. The topological polar surface area (TPSA) is 3.24 Å². The normalized spacial score (nSPS) is 23.2. The summed E-state index contributed by atoms with van der Waals surface area (Å²) in [5.74, 6) is 0.653. The molecule has 86 valence electrons. The highest BCUT2D eigenvalue weighted by atomic mass is 15.1. The Labute approximate surface area is 98.8 Å². The molecule has 1 aromatic rings. The lowest BCUT2D eigenvalue weighted by Crippen LogP contribution is -2.34. The number of benzene rings is 1. The molecular weight excluding hydrogens is 194 g/mol. The fourth-order valence-electron chi connectivity index (χ4n) is 2.43. The van der Waals surface area contributed by atoms with Crippen LogP contribution in [0.5, 0.6) is 0 Å². The predicted molar refractivity (Wildman–Crippen MR) is 69.6 cm³/mol. The van der Waals surface area contributed by atoms with Crippen molar-refractivity contribution >= 4 is 0 Å². The third-order valence-electron chi connectivity index (χ3n) is 3.59. The molecule has 1 aliphatic heterocycles. The van der Waals surface area contributed by atoms with Gasteiger partial charge in [-0.2, -0.15) is 0 Å². The van der Waals surface area contributed by atoms with Crippen molar-refractivity contribution in [3.05, 3.63) is 48.0 Å². The Hall–Kier alpha value is -1.08. The minimum absolute atomic E-state index is 0.653. The molecule has 0 aromatic heterocycles. The van der Waals surface area contributed by atoms with Gasteiger partial charge < -0.3 is 0 Å². The van der Waals surface area contributed by atoms with Crippen molar-refractivity contribution in [3.63, 3.8) is 0 Å². The Kier molecular flexibility index (Phi) is 3.79. The van der Waals surface area contributed by atoms with Crippen LogP contribution in [0, 0.1) is 0 Å². The third kappa shape index (κ3) is 2.73. The summed E-state index contributed by atoms with van der Waals surface area (Å²) < 4.78 is 0. The second-order valence-corrected chi connectivity index (χ2v) is 4.85. The van der Waals surface area contributed by atoms with E-state index in [1.54, 1.807) is 0 Å². The Morgan fingerprint density at radius 1 is 1.25 bits per heavy atom. The van der Waals surface area contributed by atoms with Gasteiger partial charge in [0.1, 0.15) is 0 Å². The van der Waals surface area contributed by atoms with Crippen LogP contribution >= 0.6 is 0 Å². The molecule has 16 heavy (non-hydrogen) atoms. The Morgan fingerprint density at radius 2 is 2.00 bits per heavy atom. The van der Waals surface area contributed by atoms with Gasteiger partial charge in [-0.3, -0.25) is 4.90 Å². The Balaban J connectivity index is 1.97. The summed E-state index contributed by atoms with van der Waals surface area (Å²) in [6.45, 7) is 3.44. The lowest BCUT2D eigenvalue weighted by molar-refractivity contribution is 0.234. The first kappa shape index (κ1) is 11.4. The first-order chi connectivity index (χ1) is 7.77. The molecule has 1 nitrogen and oxygen atoms in total. The molecule has 0 radical (unpaired) electrons. The van der Waals surface area contributed by atoms with Gasteiger partial charge in [-0.1, -0.05) is 49.4 Å². The Bertz CT molecular complexity index is 342. The van der Waals surface area contributed by atoms with Crippen LogP contribution in [0.1, 0.15) is 31.2 Å². The first-order valence-corrected chi connectivity index (χ1v) is 6.17. The van der Waals surface area contributed by atoms with E-state index in [9.17, 15) is 0 Å². The standard InChI is InChI=1S/C15H21N/c1-13(14-8-4-3-5-9-14)12-15-10-6-7-11-16(15)2/h3-9,13,15H,10-12H2,1-2H3/t13-,15-/m1/s1. The summed E-state index contributed by atoms with van der Waals surface area (Å²) in [6.07, 6.45) is 7.05. The SMILES string of the molecule is C[C@H](C[C@H]1CC=CCN1C)c1ccccc1. The van der Waals surface area contributed by atoms with Gasteiger partial charge in [0, 0.05) is 12.6 Å². The van der Waals surface area contributed by atoms with E-state index in [0.29, 0.717) is 12.0 Å². The van der Waals surface area contributed by atoms with Gasteiger partial charge in [0.25, 0.3) is 0 Å². The summed E-state index contributed by atoms with van der Waals surface area (Å²) in [5, 5.41) is 0. The minimum Gasteiger partial charge on any atom is -0.299 e. The van der Waals surface area contributed by atoms with Crippen LogP contribution in [0.3, 0.4) is 0 Å². The molecule has 1 aliphatic rings. The maximum Gasteiger partial charge on any atom is 0.0163 e. The predicted octanol–water partition coefficient (Wildman–Crippen LogP) is 3.44. The van der Waals surface area contributed by atoms with Gasteiger partial charge >= 0.3 is 0 Å². The lowest BCUT2D eigenvalue weighted by atomic mass is 9.91. The zero-order valence-corrected chi connectivity index (χ0v) is 10.3. The van der Waals surface area contributed by atoms with Gasteiger partial charge in [0.2, 0.25) is 0 Å². The fourth-order valence-corrected chi connectivity index (χ4v) is 2.43. The molecule has 0 bridgehead atoms. The van der Waals surface area contributed by atoms with E-state index in [1.807, 2.05) is 0 Å². The maximum atomic E-state index is 2.46. The highest BCUT2D eigenvalue weighted by molar-refractivity contribution is 5.19. The van der Waals surface area contributed by atoms with Crippen LogP contribution in [0.2, 0.25) is 0 Å². The lowest BCUT2D eigenvalue weighted by Gasteiger charge is -2.31. The van der Waals surface area contributed by atoms with E-state index in [0.717, 1.165) is 6.54 Å². The van der Waals surface area contributed by atoms with Crippen molar-refractivity contribution in [3.8, 4) is 0 Å². The molecule has 1 aromatic carbocycles. The van der Waals surface area contributed by atoms with Crippen LogP contribution in [0.25, 0.3) is 0 Å². The number of hydrogen-bond donors (Lipinski definition) is 0. The summed E-state index contributed by atoms with van der Waals surface area (Å²) in [4.78, 5) is 2.46. The summed E-state index contributed by atoms with van der Waals surface area (Å²) in [6, 6.07) is 11.5. The average Bonchev–Trinajstić information content (AvgIpc) is 2.33. The van der Waals surface area contributed by atoms with E-state index in [4.69, 9.17) is 0 Å². The molecule has 0 amide bonds. The van der Waals surface area contributed by atoms with Crippen molar-refractivity contribution in [1.29, 1.82) is 0 Å². The molecule has 0 N–H and O–H groups in total. The molecule has 2 atom stereocenters. The highest BCUT2D eigenvalue weighted by Crippen LogP contribution is 2.25. The smallest absolute Gasteiger partial charge is 0.0163 e. The van der Waals surface area contributed by atoms with E-state index < -0.39 is 0 Å². The monoisotopic (exact) mass is 215 g/mol. The van der Waals surface area contributed by atoms with E-state index >= 15 is 0 Å². The minimum atomic E-state index is 0.653. The van der Waals surface area contributed by atoms with Crippen molar-refractivity contribution < 1.29 is 0 Å². The maximum absolute atomic E-state index is 2.46. The number of likely N-dealkylation sites (N-methyl/N-ethyl adjacent to an activating group) is 1. The fraction of sp³-hybridized carbons (Fsp3) is 0.467. The van der Waals surface area contributed by atoms with E-state index in [1.165, 1.54) is 18.4 Å². The number of nitrogens with zero attached hydrogens (tertiary/aromatic N) is 1. The summed E-state index contributed by atoms with van der Waals surface area (Å²) in [5.41, 5.74) is 1.46. The van der Waals surface area contributed by atoms with Gasteiger partial charge in [-0.25, -0.2) is 0 Å². The molecular formula is C15H21N. The second kappa shape index (κ2) is 5.31. The Morgan fingerprint density at radius 3 is 2.69 bits per heavy atom. The highest BCUT2D eigenvalue weighted by Gasteiger charge is 2.18. The summed E-state index contributed by atoms with van der Waals surface area (Å²) in [7, 11) is 2.23. The van der Waals surface area contributed by atoms with E-state index in [2.05, 4.69) is 61.4 Å². The molecule has 0 saturated carbocycles. The van der Waals surface area contributed by atoms with Crippen LogP contribution in [0.15, 0.2) is 42.5 Å². The molecule has 1 heterocycles. The first-order valence-electron chi connectivity index (χ1n) is 6.17. The number of rotatable bonds is 3. The molecule has 0 fully saturated rings. The molecule has 1 heteroatoms. The van der Waals surface area contributed by atoms with Crippen LogP contribution < -0.4 is 0 Å². The van der Waals surface area contributed by atoms with Crippen molar-refractivity contribution in [2.24, 2.45) is 0 Å². The van der Waals surface area contributed by atoms with Crippen LogP contribution in [-0.2, 0) is 0 Å². The largest absolute Gasteiger partial charge is 0.299 e. The number of hydrogen-bond acceptors (Lipinski definition) is 1. The van der Waals surface area contributed by atoms with Gasteiger partial charge in [-0.05, 0) is 31.4 Å². The van der Waals surface area contributed by atoms with Crippen molar-refractivity contribution in [2.75, 3.05) is 13.6 Å². The zero-order chi connectivity index (χ0) is 11.4. The van der Waals surface area contributed by atoms with Crippen LogP contribution in [-0.4, -0.2) is 24.5 Å². The molecule has 0 unspecified atom stereocenters. The van der Waals surface area contributed by atoms with Gasteiger partial charge in [-0.15, -0.1) is 0 Å². The molecule has 0 saturated heterocycles. The van der Waals surface area contributed by atoms with Gasteiger partial charge in [0.05, 0.1) is 0 Å². The molecule has 2 rings (SSSR count). The quantitative estimate of drug-likeness (QED) is 0.698. The zero-order valence-electron chi connectivity index (χ0n) is 10.3. The third-order valence-corrected chi connectivity index (χ3v) is 3.59. The van der Waals surface area contributed by atoms with Crippen molar-refractivity contribution in [1.82, 2.24) is 4.90 Å². The second-order valence-electron chi connectivity index (χ2n) is 4.85. The van der Waals surface area contributed by atoms with Crippen LogP contribution in [0.4, 0.5) is 0 Å².